The van der Waals surface area contributed by atoms with Gasteiger partial charge in [0.2, 0.25) is 17.7 Å². The number of ether oxygens (including phenoxy) is 6. The first-order chi connectivity index (χ1) is 39.2. The zero-order valence-corrected chi connectivity index (χ0v) is 50.1. The van der Waals surface area contributed by atoms with Gasteiger partial charge in [0, 0.05) is 13.8 Å². The summed E-state index contributed by atoms with van der Waals surface area (Å²) in [5.41, 5.74) is 0. The Kier molecular flexibility index (Phi) is 37.7. The molecule has 3 fully saturated rings. The molecule has 3 saturated heterocycles. The fourth-order valence-corrected chi connectivity index (χ4v) is 11.0. The summed E-state index contributed by atoms with van der Waals surface area (Å²) in [5, 5.41) is 127. The predicted molar refractivity (Wildman–Crippen MR) is 303 cm³/mol. The van der Waals surface area contributed by atoms with Gasteiger partial charge in [0.25, 0.3) is 0 Å². The van der Waals surface area contributed by atoms with Crippen molar-refractivity contribution in [2.75, 3.05) is 19.8 Å². The van der Waals surface area contributed by atoms with Crippen molar-refractivity contribution in [3.8, 4) is 0 Å². The third kappa shape index (κ3) is 26.8. The highest BCUT2D eigenvalue weighted by molar-refractivity contribution is 5.80. The number of carbonyl (C=O) groups is 3. The van der Waals surface area contributed by atoms with E-state index in [2.05, 4.69) is 36.7 Å². The van der Waals surface area contributed by atoms with Crippen molar-refractivity contribution in [2.24, 2.45) is 5.92 Å². The molecule has 19 atom stereocenters. The van der Waals surface area contributed by atoms with Crippen LogP contribution in [0.4, 0.5) is 0 Å². The second-order valence-electron chi connectivity index (χ2n) is 23.7. The lowest BCUT2D eigenvalue weighted by Crippen LogP contribution is -2.71. The molecule has 0 spiro atoms. The van der Waals surface area contributed by atoms with Crippen molar-refractivity contribution >= 4 is 17.7 Å². The van der Waals surface area contributed by atoms with Crippen LogP contribution in [0.25, 0.3) is 0 Å². The molecular weight excluding hydrogens is 1070 g/mol. The van der Waals surface area contributed by atoms with Crippen LogP contribution in [0.15, 0.2) is 0 Å². The SMILES string of the molecule is CCCCCCCCCCCCCCCCCC[C@@H](O)C(=O)N[C@@H](CO[C@@H]1O[C@H](CO)[C@@H](O[C@@H]2O[C@H](CO)[C@H](O)[C@H](O)[C@H]2NC(C)=O)[C@H](O[C@H]2O[C@H](O)[C@H](O)[C@H](O)[C@H]2O)[C@H]1NC(C)=O)[C@H](O)[C@H](O)CCCCCCCCCCCC(C)C. The quantitative estimate of drug-likeness (QED) is 0.0390. The predicted octanol–water partition coefficient (Wildman–Crippen LogP) is 2.86. The molecule has 0 aliphatic carbocycles. The van der Waals surface area contributed by atoms with Gasteiger partial charge in [-0.25, -0.2) is 0 Å². The summed E-state index contributed by atoms with van der Waals surface area (Å²) >= 11 is 0. The van der Waals surface area contributed by atoms with E-state index in [0.717, 1.165) is 71.6 Å². The minimum Gasteiger partial charge on any atom is -0.394 e. The number of amides is 3. The van der Waals surface area contributed by atoms with Gasteiger partial charge in [-0.3, -0.25) is 14.4 Å². The van der Waals surface area contributed by atoms with Crippen LogP contribution >= 0.6 is 0 Å². The first kappa shape index (κ1) is 74.0. The molecule has 482 valence electrons. The maximum Gasteiger partial charge on any atom is 0.249 e. The second-order valence-corrected chi connectivity index (χ2v) is 23.7. The van der Waals surface area contributed by atoms with Crippen molar-refractivity contribution in [1.82, 2.24) is 16.0 Å². The molecular formula is C59H111N3O20. The molecule has 0 bridgehead atoms. The summed E-state index contributed by atoms with van der Waals surface area (Å²) in [6.07, 6.45) is 0.843. The Morgan fingerprint density at radius 2 is 0.939 bits per heavy atom. The zero-order chi connectivity index (χ0) is 60.6. The molecule has 3 heterocycles. The molecule has 3 aliphatic rings. The van der Waals surface area contributed by atoms with E-state index < -0.39 is 154 Å². The van der Waals surface area contributed by atoms with Crippen LogP contribution < -0.4 is 16.0 Å². The third-order valence-corrected chi connectivity index (χ3v) is 16.1. The summed E-state index contributed by atoms with van der Waals surface area (Å²) in [4.78, 5) is 39.2. The van der Waals surface area contributed by atoms with Gasteiger partial charge in [-0.05, 0) is 18.8 Å². The Morgan fingerprint density at radius 3 is 1.43 bits per heavy atom. The summed E-state index contributed by atoms with van der Waals surface area (Å²) in [6.45, 7) is 6.48. The van der Waals surface area contributed by atoms with E-state index in [9.17, 15) is 70.6 Å². The standard InChI is InChI=1S/C59H111N3O20/c1-6-7-8-9-10-11-12-13-14-15-16-17-20-24-27-30-33-42(68)55(75)62-40(47(69)41(67)32-29-26-23-21-18-19-22-25-28-31-37(2)3)36-77-57-46(61-39(5)66)54(81-59-52(74)50(72)51(73)56(76)82-59)53(44(35-64)79-57)80-58-45(60-38(4)65)49(71)48(70)43(34-63)78-58/h37,40-54,56-59,63-64,67-74,76H,6-36H2,1-5H3,(H,60,65)(H,61,66)(H,62,75)/t40-,41+,42+,43+,44+,45+,46+,47-,48-,49+,50-,51+,52+,53+,54+,56-,57+,58-,59-/m0/s1. The Hall–Kier alpha value is -2.27. The second kappa shape index (κ2) is 41.8. The largest absolute Gasteiger partial charge is 0.394 e. The summed E-state index contributed by atoms with van der Waals surface area (Å²) in [6, 6.07) is -4.59. The first-order valence-electron chi connectivity index (χ1n) is 31.3. The Bertz CT molecular complexity index is 1690. The number of nitrogens with one attached hydrogen (secondary N) is 3. The highest BCUT2D eigenvalue weighted by Gasteiger charge is 2.55. The number of rotatable bonds is 44. The van der Waals surface area contributed by atoms with Gasteiger partial charge >= 0.3 is 0 Å². The average molecular weight is 1180 g/mol. The molecule has 0 aromatic heterocycles. The minimum absolute atomic E-state index is 0.126. The Balaban J connectivity index is 1.80. The average Bonchev–Trinajstić information content (AvgIpc) is 3.33. The molecule has 14 N–H and O–H groups in total. The summed E-state index contributed by atoms with van der Waals surface area (Å²) in [7, 11) is 0. The van der Waals surface area contributed by atoms with Crippen molar-refractivity contribution in [3.05, 3.63) is 0 Å². The van der Waals surface area contributed by atoms with E-state index >= 15 is 0 Å². The van der Waals surface area contributed by atoms with Crippen LogP contribution in [0.3, 0.4) is 0 Å². The van der Waals surface area contributed by atoms with Crippen LogP contribution in [0.1, 0.15) is 214 Å². The first-order valence-corrected chi connectivity index (χ1v) is 31.3. The van der Waals surface area contributed by atoms with Crippen LogP contribution in [0.5, 0.6) is 0 Å². The van der Waals surface area contributed by atoms with Crippen molar-refractivity contribution in [3.63, 3.8) is 0 Å². The van der Waals surface area contributed by atoms with Crippen molar-refractivity contribution < 1.29 is 99.0 Å². The molecule has 0 aromatic carbocycles. The molecule has 0 unspecified atom stereocenters. The molecule has 0 aromatic rings. The zero-order valence-electron chi connectivity index (χ0n) is 50.1. The highest BCUT2D eigenvalue weighted by Crippen LogP contribution is 2.34. The van der Waals surface area contributed by atoms with Crippen LogP contribution in [-0.2, 0) is 42.8 Å². The van der Waals surface area contributed by atoms with Gasteiger partial charge in [0.05, 0.1) is 32.0 Å². The van der Waals surface area contributed by atoms with Crippen molar-refractivity contribution in [2.45, 2.75) is 331 Å². The summed E-state index contributed by atoms with van der Waals surface area (Å²) < 4.78 is 36.1. The molecule has 23 heteroatoms. The fourth-order valence-electron chi connectivity index (χ4n) is 11.0. The van der Waals surface area contributed by atoms with E-state index in [1.165, 1.54) is 96.3 Å². The van der Waals surface area contributed by atoms with E-state index in [1.807, 2.05) is 0 Å². The molecule has 82 heavy (non-hydrogen) atoms. The lowest BCUT2D eigenvalue weighted by molar-refractivity contribution is -0.382. The lowest BCUT2D eigenvalue weighted by Gasteiger charge is -2.50. The lowest BCUT2D eigenvalue weighted by atomic mass is 9.94. The molecule has 23 nitrogen and oxygen atoms in total. The summed E-state index contributed by atoms with van der Waals surface area (Å²) in [5.74, 6) is -1.59. The number of hydrogen-bond acceptors (Lipinski definition) is 20. The van der Waals surface area contributed by atoms with Crippen LogP contribution in [0, 0.1) is 5.92 Å². The molecule has 3 amide bonds. The highest BCUT2D eigenvalue weighted by atomic mass is 16.8. The normalized spacial score (nSPS) is 30.2. The topological polar surface area (TPSA) is 365 Å². The van der Waals surface area contributed by atoms with E-state index in [1.54, 1.807) is 0 Å². The van der Waals surface area contributed by atoms with Crippen molar-refractivity contribution in [1.29, 1.82) is 0 Å². The van der Waals surface area contributed by atoms with Crippen LogP contribution in [-0.4, -0.2) is 210 Å². The monoisotopic (exact) mass is 1180 g/mol. The maximum absolute atomic E-state index is 13.7. The van der Waals surface area contributed by atoms with Gasteiger partial charge in [-0.15, -0.1) is 0 Å². The maximum atomic E-state index is 13.7. The van der Waals surface area contributed by atoms with Gasteiger partial charge in [-0.1, -0.05) is 188 Å². The molecule has 3 rings (SSSR count). The van der Waals surface area contributed by atoms with E-state index in [4.69, 9.17) is 28.4 Å². The van der Waals surface area contributed by atoms with Gasteiger partial charge in [0.1, 0.15) is 79.2 Å². The van der Waals surface area contributed by atoms with E-state index in [0.29, 0.717) is 18.8 Å². The Morgan fingerprint density at radius 1 is 0.488 bits per heavy atom. The van der Waals surface area contributed by atoms with Gasteiger partial charge in [-0.2, -0.15) is 0 Å². The smallest absolute Gasteiger partial charge is 0.249 e. The fraction of sp³-hybridized carbons (Fsp3) is 0.949. The number of unbranched alkanes of at least 4 members (excludes halogenated alkanes) is 23. The molecule has 0 saturated carbocycles. The minimum atomic E-state index is -2.12. The number of aliphatic hydroxyl groups is 11. The number of aliphatic hydroxyl groups excluding tert-OH is 11. The van der Waals surface area contributed by atoms with E-state index in [-0.39, 0.29) is 12.8 Å². The number of hydrogen-bond donors (Lipinski definition) is 14. The Labute approximate surface area is 487 Å². The van der Waals surface area contributed by atoms with Crippen LogP contribution in [0.2, 0.25) is 0 Å². The number of carbonyl (C=O) groups excluding carboxylic acids is 3. The van der Waals surface area contributed by atoms with Gasteiger partial charge in [0.15, 0.2) is 25.2 Å². The third-order valence-electron chi connectivity index (χ3n) is 16.1. The van der Waals surface area contributed by atoms with Gasteiger partial charge < -0.3 is 101 Å². The molecule has 0 radical (unpaired) electrons. The molecule has 3 aliphatic heterocycles.